The van der Waals surface area contributed by atoms with Crippen molar-refractivity contribution in [2.24, 2.45) is 0 Å². The van der Waals surface area contributed by atoms with Crippen LogP contribution in [0.15, 0.2) is 346 Å². The lowest BCUT2D eigenvalue weighted by Crippen LogP contribution is -2.74. The van der Waals surface area contributed by atoms with Crippen LogP contribution in [-0.4, -0.2) is 21.8 Å². The van der Waals surface area contributed by atoms with Gasteiger partial charge in [0.15, 0.2) is 8.07 Å². The second-order valence-electron chi connectivity index (χ2n) is 23.2. The van der Waals surface area contributed by atoms with Crippen LogP contribution in [-0.2, 0) is 0 Å². The standard InChI is InChI=1S/C84H57N3Si/c1-8-23-58(24-9-1)62-39-45-79-73(51-62)74-52-63(59-25-10-2-11-26-59)40-46-80(74)86(79)67-43-49-83-77(56-67)78-57-68(87-81-47-41-64(60-27-12-3-13-28-60)53-75(81)76-54-65(42-48-82(76)87)61-29-14-4-15-30-61)44-50-84(78)85(83)66-31-22-38-72(55-66)88(69-32-16-5-17-33-69,70-34-18-6-19-35-70)71-36-20-7-21-37-71/h1-57H. The molecule has 0 saturated carbocycles. The van der Waals surface area contributed by atoms with E-state index >= 15 is 0 Å². The van der Waals surface area contributed by atoms with Gasteiger partial charge >= 0.3 is 0 Å². The first-order valence-corrected chi connectivity index (χ1v) is 32.4. The molecular formula is C84H57N3Si. The zero-order valence-electron chi connectivity index (χ0n) is 48.3. The molecule has 0 spiro atoms. The molecule has 0 aliphatic carbocycles. The van der Waals surface area contributed by atoms with Crippen LogP contribution in [0.3, 0.4) is 0 Å². The third-order valence-electron chi connectivity index (χ3n) is 18.4. The quantitative estimate of drug-likeness (QED) is 0.0906. The average molecular weight is 1140 g/mol. The Morgan fingerprint density at radius 2 is 0.398 bits per heavy atom. The summed E-state index contributed by atoms with van der Waals surface area (Å²) in [5, 5.41) is 12.6. The van der Waals surface area contributed by atoms with Gasteiger partial charge in [0.2, 0.25) is 0 Å². The molecule has 3 heterocycles. The molecule has 0 N–H and O–H groups in total. The Balaban J connectivity index is 0.931. The Kier molecular flexibility index (Phi) is 12.2. The molecule has 0 bridgehead atoms. The second-order valence-corrected chi connectivity index (χ2v) is 27.0. The minimum absolute atomic E-state index is 1.10. The smallest absolute Gasteiger partial charge is 0.179 e. The van der Waals surface area contributed by atoms with Gasteiger partial charge in [-0.15, -0.1) is 0 Å². The maximum absolute atomic E-state index is 2.90. The highest BCUT2D eigenvalue weighted by atomic mass is 28.3. The second kappa shape index (κ2) is 21.0. The predicted octanol–water partition coefficient (Wildman–Crippen LogP) is 19.0. The van der Waals surface area contributed by atoms with E-state index in [1.165, 1.54) is 97.6 Å². The molecule has 88 heavy (non-hydrogen) atoms. The molecule has 4 heteroatoms. The Hall–Kier alpha value is -11.3. The zero-order valence-corrected chi connectivity index (χ0v) is 49.3. The summed E-state index contributed by atoms with van der Waals surface area (Å²) in [5.74, 6) is 0. The van der Waals surface area contributed by atoms with Gasteiger partial charge in [-0.3, -0.25) is 0 Å². The lowest BCUT2D eigenvalue weighted by Gasteiger charge is -2.34. The highest BCUT2D eigenvalue weighted by Gasteiger charge is 2.41. The molecule has 0 aliphatic heterocycles. The fourth-order valence-electron chi connectivity index (χ4n) is 14.3. The summed E-state index contributed by atoms with van der Waals surface area (Å²) in [5.41, 5.74) is 19.8. The van der Waals surface area contributed by atoms with Crippen molar-refractivity contribution in [1.82, 2.24) is 13.7 Å². The molecule has 0 saturated heterocycles. The Morgan fingerprint density at radius 1 is 0.159 bits per heavy atom. The highest BCUT2D eigenvalue weighted by molar-refractivity contribution is 7.19. The van der Waals surface area contributed by atoms with Crippen molar-refractivity contribution in [3.05, 3.63) is 346 Å². The van der Waals surface area contributed by atoms with Gasteiger partial charge in [0.25, 0.3) is 0 Å². The van der Waals surface area contributed by atoms with Crippen molar-refractivity contribution in [3.63, 3.8) is 0 Å². The monoisotopic (exact) mass is 1140 g/mol. The Morgan fingerprint density at radius 3 is 0.693 bits per heavy atom. The molecule has 3 nitrogen and oxygen atoms in total. The van der Waals surface area contributed by atoms with Crippen molar-refractivity contribution < 1.29 is 0 Å². The van der Waals surface area contributed by atoms with Gasteiger partial charge in [0.1, 0.15) is 0 Å². The summed E-state index contributed by atoms with van der Waals surface area (Å²) >= 11 is 0. The third kappa shape index (κ3) is 8.33. The van der Waals surface area contributed by atoms with Gasteiger partial charge in [0, 0.05) is 49.4 Å². The molecule has 0 radical (unpaired) electrons. The largest absolute Gasteiger partial charge is 0.309 e. The molecule has 3 aromatic heterocycles. The van der Waals surface area contributed by atoms with Crippen LogP contribution >= 0.6 is 0 Å². The third-order valence-corrected chi connectivity index (χ3v) is 23.1. The Labute approximate surface area is 512 Å². The van der Waals surface area contributed by atoms with Crippen LogP contribution in [0.2, 0.25) is 0 Å². The Bertz CT molecular complexity index is 4910. The van der Waals surface area contributed by atoms with E-state index in [1.807, 2.05) is 0 Å². The summed E-state index contributed by atoms with van der Waals surface area (Å²) < 4.78 is 7.50. The first-order valence-electron chi connectivity index (χ1n) is 30.4. The van der Waals surface area contributed by atoms with Crippen LogP contribution in [0.5, 0.6) is 0 Å². The topological polar surface area (TPSA) is 14.8 Å². The van der Waals surface area contributed by atoms with Gasteiger partial charge in [-0.2, -0.15) is 0 Å². The number of hydrogen-bond acceptors (Lipinski definition) is 0. The molecule has 17 rings (SSSR count). The van der Waals surface area contributed by atoms with Crippen LogP contribution in [0.4, 0.5) is 0 Å². The van der Waals surface area contributed by atoms with Gasteiger partial charge in [0.05, 0.1) is 33.1 Å². The number of fused-ring (bicyclic) bond motifs is 9. The first-order chi connectivity index (χ1) is 43.6. The van der Waals surface area contributed by atoms with E-state index in [2.05, 4.69) is 359 Å². The zero-order chi connectivity index (χ0) is 58.1. The number of nitrogens with zero attached hydrogens (tertiary/aromatic N) is 3. The molecule has 0 unspecified atom stereocenters. The van der Waals surface area contributed by atoms with Crippen LogP contribution in [0.1, 0.15) is 0 Å². The van der Waals surface area contributed by atoms with Crippen molar-refractivity contribution >= 4 is 94.2 Å². The molecule has 0 amide bonds. The number of rotatable bonds is 11. The molecule has 0 aliphatic rings. The lowest BCUT2D eigenvalue weighted by atomic mass is 10.0. The fourth-order valence-corrected chi connectivity index (χ4v) is 19.1. The van der Waals surface area contributed by atoms with E-state index in [0.717, 1.165) is 50.2 Å². The summed E-state index contributed by atoms with van der Waals surface area (Å²) in [6.45, 7) is 0. The maximum atomic E-state index is 2.52. The molecule has 17 aromatic rings. The van der Waals surface area contributed by atoms with E-state index < -0.39 is 8.07 Å². The predicted molar refractivity (Wildman–Crippen MR) is 375 cm³/mol. The SMILES string of the molecule is c1ccc(-c2ccc3c(c2)c2cc(-c4ccccc4)ccc2n3-c2ccc3c(c2)c2cc(-n4c5ccc(-c6ccccc6)cc5c5cc(-c6ccccc6)ccc54)ccc2n3-c2cccc([Si](c3ccccc3)(c3ccccc3)c3ccccc3)c2)cc1. The number of benzene rings is 14. The number of aromatic nitrogens is 3. The summed E-state index contributed by atoms with van der Waals surface area (Å²) in [6.07, 6.45) is 0. The normalized spacial score (nSPS) is 11.9. The van der Waals surface area contributed by atoms with Crippen LogP contribution in [0.25, 0.3) is 127 Å². The maximum Gasteiger partial charge on any atom is 0.179 e. The average Bonchev–Trinajstić information content (AvgIpc) is 1.91. The molecule has 0 atom stereocenters. The molecule has 412 valence electrons. The highest BCUT2D eigenvalue weighted by Crippen LogP contribution is 2.43. The van der Waals surface area contributed by atoms with E-state index in [1.54, 1.807) is 0 Å². The minimum atomic E-state index is -2.90. The molecule has 0 fully saturated rings. The fraction of sp³-hybridized carbons (Fsp3) is 0. The van der Waals surface area contributed by atoms with Crippen LogP contribution in [0, 0.1) is 0 Å². The van der Waals surface area contributed by atoms with E-state index in [0.29, 0.717) is 0 Å². The van der Waals surface area contributed by atoms with Crippen molar-refractivity contribution in [2.75, 3.05) is 0 Å². The lowest BCUT2D eigenvalue weighted by molar-refractivity contribution is 1.16. The van der Waals surface area contributed by atoms with E-state index in [-0.39, 0.29) is 0 Å². The van der Waals surface area contributed by atoms with Gasteiger partial charge in [-0.25, -0.2) is 0 Å². The van der Waals surface area contributed by atoms with Crippen molar-refractivity contribution in [2.45, 2.75) is 0 Å². The van der Waals surface area contributed by atoms with Gasteiger partial charge in [-0.05, 0) is 162 Å². The van der Waals surface area contributed by atoms with E-state index in [9.17, 15) is 0 Å². The van der Waals surface area contributed by atoms with Crippen LogP contribution < -0.4 is 20.7 Å². The van der Waals surface area contributed by atoms with Crippen molar-refractivity contribution in [1.29, 1.82) is 0 Å². The number of hydrogen-bond donors (Lipinski definition) is 0. The molecule has 14 aromatic carbocycles. The minimum Gasteiger partial charge on any atom is -0.309 e. The first kappa shape index (κ1) is 51.1. The summed E-state index contributed by atoms with van der Waals surface area (Å²) in [7, 11) is -2.90. The van der Waals surface area contributed by atoms with Gasteiger partial charge < -0.3 is 13.7 Å². The summed E-state index contributed by atoms with van der Waals surface area (Å²) in [6, 6.07) is 129. The van der Waals surface area contributed by atoms with E-state index in [4.69, 9.17) is 0 Å². The van der Waals surface area contributed by atoms with Gasteiger partial charge in [-0.1, -0.05) is 249 Å². The summed E-state index contributed by atoms with van der Waals surface area (Å²) in [4.78, 5) is 0. The molecular weight excluding hydrogens is 1080 g/mol. The van der Waals surface area contributed by atoms with Crippen molar-refractivity contribution in [3.8, 4) is 61.6 Å².